The minimum absolute atomic E-state index is 0.0161. The van der Waals surface area contributed by atoms with Crippen LogP contribution in [0.5, 0.6) is 0 Å². The van der Waals surface area contributed by atoms with E-state index in [1.807, 2.05) is 0 Å². The Balaban J connectivity index is 1.15. The summed E-state index contributed by atoms with van der Waals surface area (Å²) in [5.74, 6) is -1.66. The maximum absolute atomic E-state index is 13.2. The number of carboxylic acid groups (broad SMARTS) is 1. The van der Waals surface area contributed by atoms with E-state index in [1.165, 1.54) is 73.8 Å². The summed E-state index contributed by atoms with van der Waals surface area (Å²) in [5.41, 5.74) is 1.97. The molecule has 5 N–H and O–H groups in total. The van der Waals surface area contributed by atoms with Gasteiger partial charge in [0.2, 0.25) is 0 Å². The molecule has 0 bridgehead atoms. The fourth-order valence-corrected chi connectivity index (χ4v) is 7.60. The van der Waals surface area contributed by atoms with E-state index in [2.05, 4.69) is 24.8 Å². The Morgan fingerprint density at radius 2 is 1.02 bits per heavy atom. The van der Waals surface area contributed by atoms with Gasteiger partial charge in [0.15, 0.2) is 0 Å². The molecule has 0 aromatic heterocycles. The van der Waals surface area contributed by atoms with Gasteiger partial charge in [-0.15, -0.1) is 0 Å². The van der Waals surface area contributed by atoms with Gasteiger partial charge < -0.3 is 20.5 Å². The monoisotopic (exact) mass is 738 g/mol. The van der Waals surface area contributed by atoms with Crippen molar-refractivity contribution in [3.05, 3.63) is 132 Å². The van der Waals surface area contributed by atoms with E-state index in [0.29, 0.717) is 27.7 Å². The number of carboxylic acids is 1. The van der Waals surface area contributed by atoms with E-state index in [0.717, 1.165) is 10.8 Å². The van der Waals surface area contributed by atoms with E-state index >= 15 is 0 Å². The number of aryl methyl sites for hydroxylation is 1. The van der Waals surface area contributed by atoms with Gasteiger partial charge in [-0.3, -0.25) is 9.44 Å². The summed E-state index contributed by atoms with van der Waals surface area (Å²) in [6.07, 6.45) is 0. The molecule has 2 amide bonds. The molecule has 52 heavy (non-hydrogen) atoms. The van der Waals surface area contributed by atoms with Crippen LogP contribution in [0, 0.1) is 6.92 Å². The number of carbonyl (C=O) groups is 3. The van der Waals surface area contributed by atoms with Gasteiger partial charge in [0.1, 0.15) is 0 Å². The molecule has 0 spiro atoms. The highest BCUT2D eigenvalue weighted by atomic mass is 32.2. The fraction of sp³-hybridized carbons (Fsp3) is 0.0541. The topological polar surface area (TPSA) is 197 Å². The number of fused-ring (bicyclic) bond motifs is 2. The maximum Gasteiger partial charge on any atom is 0.337 e. The molecule has 13 nitrogen and oxygen atoms in total. The summed E-state index contributed by atoms with van der Waals surface area (Å²) < 4.78 is 62.3. The molecule has 0 unspecified atom stereocenters. The van der Waals surface area contributed by atoms with E-state index in [-0.39, 0.29) is 32.3 Å². The summed E-state index contributed by atoms with van der Waals surface area (Å²) >= 11 is 0. The van der Waals surface area contributed by atoms with Crippen molar-refractivity contribution in [1.29, 1.82) is 0 Å². The molecule has 0 aliphatic carbocycles. The Hall–Kier alpha value is -6.45. The Labute approximate surface area is 298 Å². The van der Waals surface area contributed by atoms with Gasteiger partial charge in [0.05, 0.1) is 28.0 Å². The van der Waals surface area contributed by atoms with E-state index in [4.69, 9.17) is 0 Å². The Bertz CT molecular complexity index is 2630. The molecule has 0 aliphatic heterocycles. The third-order valence-corrected chi connectivity index (χ3v) is 10.8. The van der Waals surface area contributed by atoms with Crippen LogP contribution in [0.1, 0.15) is 26.3 Å². The van der Waals surface area contributed by atoms with Crippen molar-refractivity contribution < 1.29 is 41.1 Å². The number of amides is 2. The van der Waals surface area contributed by atoms with E-state index in [1.54, 1.807) is 55.5 Å². The van der Waals surface area contributed by atoms with Crippen molar-refractivity contribution in [1.82, 2.24) is 0 Å². The van der Waals surface area contributed by atoms with Gasteiger partial charge in [-0.25, -0.2) is 31.2 Å². The number of aromatic carboxylic acids is 1. The van der Waals surface area contributed by atoms with Crippen LogP contribution in [0.15, 0.2) is 125 Å². The maximum atomic E-state index is 13.2. The number of carbonyl (C=O) groups excluding carboxylic acids is 2. The first-order valence-corrected chi connectivity index (χ1v) is 18.4. The number of ether oxygens (including phenoxy) is 1. The molecule has 0 aliphatic rings. The number of esters is 1. The number of rotatable bonds is 10. The zero-order chi connectivity index (χ0) is 37.2. The van der Waals surface area contributed by atoms with Crippen LogP contribution >= 0.6 is 0 Å². The quantitative estimate of drug-likeness (QED) is 0.0916. The lowest BCUT2D eigenvalue weighted by Gasteiger charge is -2.12. The largest absolute Gasteiger partial charge is 0.478 e. The molecule has 0 saturated carbocycles. The molecule has 6 rings (SSSR count). The smallest absolute Gasteiger partial charge is 0.337 e. The van der Waals surface area contributed by atoms with Crippen LogP contribution in [-0.4, -0.2) is 47.0 Å². The predicted octanol–water partition coefficient (Wildman–Crippen LogP) is 7.03. The molecule has 0 saturated heterocycles. The average Bonchev–Trinajstić information content (AvgIpc) is 3.10. The third kappa shape index (κ3) is 7.80. The fourth-order valence-electron chi connectivity index (χ4n) is 5.42. The van der Waals surface area contributed by atoms with Crippen molar-refractivity contribution in [2.75, 3.05) is 27.2 Å². The van der Waals surface area contributed by atoms with Crippen molar-refractivity contribution >= 4 is 82.3 Å². The minimum Gasteiger partial charge on any atom is -0.478 e. The van der Waals surface area contributed by atoms with Gasteiger partial charge in [-0.05, 0) is 125 Å². The molecule has 0 atom stereocenters. The lowest BCUT2D eigenvalue weighted by Crippen LogP contribution is -2.19. The van der Waals surface area contributed by atoms with E-state index in [9.17, 15) is 36.3 Å². The lowest BCUT2D eigenvalue weighted by atomic mass is 10.1. The van der Waals surface area contributed by atoms with Crippen LogP contribution in [0.3, 0.4) is 0 Å². The third-order valence-electron chi connectivity index (χ3n) is 8.03. The second-order valence-corrected chi connectivity index (χ2v) is 15.0. The number of urea groups is 1. The number of benzene rings is 6. The number of hydrogen-bond acceptors (Lipinski definition) is 8. The molecular formula is C37H30N4O9S2. The van der Waals surface area contributed by atoms with Crippen molar-refractivity contribution in [2.24, 2.45) is 0 Å². The number of hydrogen-bond donors (Lipinski definition) is 5. The number of methoxy groups -OCH3 is 1. The van der Waals surface area contributed by atoms with Crippen LogP contribution in [0.2, 0.25) is 0 Å². The van der Waals surface area contributed by atoms with Crippen LogP contribution < -0.4 is 20.1 Å². The van der Waals surface area contributed by atoms with Crippen LogP contribution in [0.25, 0.3) is 21.5 Å². The number of nitrogens with one attached hydrogen (secondary N) is 4. The van der Waals surface area contributed by atoms with Crippen molar-refractivity contribution in [3.63, 3.8) is 0 Å². The zero-order valence-corrected chi connectivity index (χ0v) is 29.1. The molecule has 0 fully saturated rings. The molecule has 6 aromatic carbocycles. The van der Waals surface area contributed by atoms with Gasteiger partial charge in [-0.1, -0.05) is 24.3 Å². The standard InChI is InChI=1S/C37H30N4O9S2/c1-22-17-31(13-16-34(22)35(42)43)41-52(48,49)33-15-8-24-4-12-30(19-27(24)21-33)39-37(45)38-29-11-3-23-7-14-32(20-26(23)18-29)51(46,47)40-28-9-5-25(6-10-28)36(44)50-2/h3-21,40-41H,1-2H3,(H,42,43)(H2,38,39,45). The summed E-state index contributed by atoms with van der Waals surface area (Å²) in [6, 6.07) is 28.5. The second kappa shape index (κ2) is 14.0. The van der Waals surface area contributed by atoms with Gasteiger partial charge in [-0.2, -0.15) is 0 Å². The molecule has 6 aromatic rings. The minimum atomic E-state index is -4.04. The molecule has 15 heteroatoms. The van der Waals surface area contributed by atoms with Gasteiger partial charge >= 0.3 is 18.0 Å². The molecule has 264 valence electrons. The first kappa shape index (κ1) is 35.4. The van der Waals surface area contributed by atoms with Gasteiger partial charge in [0.25, 0.3) is 20.0 Å². The molecular weight excluding hydrogens is 709 g/mol. The second-order valence-electron chi connectivity index (χ2n) is 11.6. The zero-order valence-electron chi connectivity index (χ0n) is 27.5. The summed E-state index contributed by atoms with van der Waals surface area (Å²) in [4.78, 5) is 35.9. The molecule has 0 radical (unpaired) electrons. The number of sulfonamides is 2. The Kier molecular flexibility index (Phi) is 9.56. The Morgan fingerprint density at radius 3 is 1.50 bits per heavy atom. The molecule has 0 heterocycles. The Morgan fingerprint density at radius 1 is 0.558 bits per heavy atom. The van der Waals surface area contributed by atoms with Crippen LogP contribution in [0.4, 0.5) is 27.5 Å². The number of anilines is 4. The predicted molar refractivity (Wildman–Crippen MR) is 198 cm³/mol. The first-order valence-electron chi connectivity index (χ1n) is 15.4. The van der Waals surface area contributed by atoms with Crippen molar-refractivity contribution in [3.8, 4) is 0 Å². The lowest BCUT2D eigenvalue weighted by molar-refractivity contribution is 0.0599. The normalized spacial score (nSPS) is 11.5. The van der Waals surface area contributed by atoms with Crippen molar-refractivity contribution in [2.45, 2.75) is 16.7 Å². The highest BCUT2D eigenvalue weighted by Gasteiger charge is 2.18. The summed E-state index contributed by atoms with van der Waals surface area (Å²) in [6.45, 7) is 1.57. The van der Waals surface area contributed by atoms with E-state index < -0.39 is 38.0 Å². The first-order chi connectivity index (χ1) is 24.7. The highest BCUT2D eigenvalue weighted by Crippen LogP contribution is 2.27. The summed E-state index contributed by atoms with van der Waals surface area (Å²) in [5, 5.41) is 17.2. The van der Waals surface area contributed by atoms with Gasteiger partial charge in [0, 0.05) is 22.7 Å². The SMILES string of the molecule is COC(=O)c1ccc(NS(=O)(=O)c2ccc3ccc(NC(=O)Nc4ccc5ccc(S(=O)(=O)Nc6ccc(C(=O)O)c(C)c6)cc5c4)cc3c2)cc1. The van der Waals surface area contributed by atoms with Crippen LogP contribution in [-0.2, 0) is 24.8 Å². The average molecular weight is 739 g/mol. The summed E-state index contributed by atoms with van der Waals surface area (Å²) in [7, 11) is -6.79. The highest BCUT2D eigenvalue weighted by molar-refractivity contribution is 7.93.